The molecule has 0 heterocycles. The van der Waals surface area contributed by atoms with E-state index in [1.54, 1.807) is 37.3 Å². The van der Waals surface area contributed by atoms with Crippen molar-refractivity contribution in [1.29, 1.82) is 5.26 Å². The molecule has 0 unspecified atom stereocenters. The Labute approximate surface area is 149 Å². The number of carbonyl (C=O) groups excluding carboxylic acids is 1. The largest absolute Gasteiger partial charge is 0.490 e. The molecule has 5 nitrogen and oxygen atoms in total. The van der Waals surface area contributed by atoms with E-state index in [-0.39, 0.29) is 5.91 Å². The second-order valence-electron chi connectivity index (χ2n) is 4.96. The minimum Gasteiger partial charge on any atom is -0.490 e. The molecular formula is C18H17BrN2O3. The van der Waals surface area contributed by atoms with Crippen molar-refractivity contribution in [3.05, 3.63) is 52.5 Å². The Bertz CT molecular complexity index is 754. The molecule has 0 saturated carbocycles. The molecule has 1 amide bonds. The summed E-state index contributed by atoms with van der Waals surface area (Å²) in [6.07, 6.45) is -0.721. The summed E-state index contributed by atoms with van der Waals surface area (Å²) in [6.45, 7) is 3.93. The zero-order valence-electron chi connectivity index (χ0n) is 13.4. The van der Waals surface area contributed by atoms with E-state index < -0.39 is 6.10 Å². The first kappa shape index (κ1) is 17.8. The highest BCUT2D eigenvalue weighted by molar-refractivity contribution is 9.10. The number of hydrogen-bond donors (Lipinski definition) is 1. The van der Waals surface area contributed by atoms with E-state index in [1.165, 1.54) is 0 Å². The summed E-state index contributed by atoms with van der Waals surface area (Å²) >= 11 is 3.35. The predicted octanol–water partition coefficient (Wildman–Crippen LogP) is 4.13. The number of rotatable bonds is 6. The van der Waals surface area contributed by atoms with E-state index in [9.17, 15) is 4.79 Å². The van der Waals surface area contributed by atoms with Crippen LogP contribution in [0.5, 0.6) is 11.5 Å². The summed E-state index contributed by atoms with van der Waals surface area (Å²) in [7, 11) is 0. The van der Waals surface area contributed by atoms with Crippen LogP contribution in [0, 0.1) is 11.3 Å². The van der Waals surface area contributed by atoms with Gasteiger partial charge in [0.15, 0.2) is 17.6 Å². The lowest BCUT2D eigenvalue weighted by Gasteiger charge is -2.17. The van der Waals surface area contributed by atoms with Crippen molar-refractivity contribution in [3.8, 4) is 17.6 Å². The Hall–Kier alpha value is -2.52. The van der Waals surface area contributed by atoms with Crippen molar-refractivity contribution in [3.63, 3.8) is 0 Å². The van der Waals surface area contributed by atoms with Crippen molar-refractivity contribution in [2.45, 2.75) is 20.0 Å². The fraction of sp³-hybridized carbons (Fsp3) is 0.222. The van der Waals surface area contributed by atoms with Crippen molar-refractivity contribution < 1.29 is 14.3 Å². The van der Waals surface area contributed by atoms with Gasteiger partial charge in [0.2, 0.25) is 0 Å². The van der Waals surface area contributed by atoms with Crippen LogP contribution >= 0.6 is 15.9 Å². The van der Waals surface area contributed by atoms with Crippen LogP contribution in [0.25, 0.3) is 0 Å². The average Bonchev–Trinajstić information content (AvgIpc) is 2.58. The smallest absolute Gasteiger partial charge is 0.265 e. The molecule has 0 saturated heterocycles. The molecule has 0 radical (unpaired) electrons. The lowest BCUT2D eigenvalue weighted by Crippen LogP contribution is -2.30. The number of carbonyl (C=O) groups is 1. The average molecular weight is 389 g/mol. The van der Waals surface area contributed by atoms with E-state index in [1.807, 2.05) is 25.1 Å². The molecule has 2 aromatic carbocycles. The van der Waals surface area contributed by atoms with Gasteiger partial charge in [-0.15, -0.1) is 0 Å². The fourth-order valence-electron chi connectivity index (χ4n) is 1.96. The number of nitrogens with one attached hydrogen (secondary N) is 1. The van der Waals surface area contributed by atoms with Crippen LogP contribution in [-0.2, 0) is 4.79 Å². The number of ether oxygens (including phenoxy) is 2. The van der Waals surface area contributed by atoms with Crippen LogP contribution in [0.15, 0.2) is 46.9 Å². The molecule has 0 aliphatic heterocycles. The van der Waals surface area contributed by atoms with Gasteiger partial charge in [-0.2, -0.15) is 5.26 Å². The van der Waals surface area contributed by atoms with Crippen LogP contribution in [0.4, 0.5) is 5.69 Å². The SMILES string of the molecule is CCOc1cc(C#N)ccc1O[C@H](C)C(=O)Nc1ccc(Br)cc1. The second kappa shape index (κ2) is 8.37. The molecule has 2 aromatic rings. The number of anilines is 1. The first-order chi connectivity index (χ1) is 11.5. The molecule has 1 atom stereocenters. The third-order valence-electron chi connectivity index (χ3n) is 3.16. The molecule has 0 aliphatic rings. The zero-order chi connectivity index (χ0) is 17.5. The Kier molecular flexibility index (Phi) is 6.21. The first-order valence-electron chi connectivity index (χ1n) is 7.43. The van der Waals surface area contributed by atoms with Crippen molar-refractivity contribution in [2.75, 3.05) is 11.9 Å². The summed E-state index contributed by atoms with van der Waals surface area (Å²) in [5.74, 6) is 0.596. The third-order valence-corrected chi connectivity index (χ3v) is 3.69. The van der Waals surface area contributed by atoms with Crippen LogP contribution < -0.4 is 14.8 Å². The molecule has 1 N–H and O–H groups in total. The molecule has 0 aliphatic carbocycles. The van der Waals surface area contributed by atoms with Crippen LogP contribution in [0.1, 0.15) is 19.4 Å². The van der Waals surface area contributed by atoms with Crippen molar-refractivity contribution >= 4 is 27.5 Å². The number of nitrogens with zero attached hydrogens (tertiary/aromatic N) is 1. The van der Waals surface area contributed by atoms with Crippen LogP contribution in [0.2, 0.25) is 0 Å². The van der Waals surface area contributed by atoms with E-state index in [0.717, 1.165) is 4.47 Å². The maximum atomic E-state index is 12.3. The van der Waals surface area contributed by atoms with E-state index in [4.69, 9.17) is 14.7 Å². The normalized spacial score (nSPS) is 11.2. The highest BCUT2D eigenvalue weighted by Gasteiger charge is 2.17. The van der Waals surface area contributed by atoms with Gasteiger partial charge in [-0.3, -0.25) is 4.79 Å². The van der Waals surface area contributed by atoms with Crippen LogP contribution in [0.3, 0.4) is 0 Å². The molecule has 0 bridgehead atoms. The fourth-order valence-corrected chi connectivity index (χ4v) is 2.23. The zero-order valence-corrected chi connectivity index (χ0v) is 15.0. The summed E-state index contributed by atoms with van der Waals surface area (Å²) in [5, 5.41) is 11.7. The van der Waals surface area contributed by atoms with Gasteiger partial charge in [0.05, 0.1) is 18.2 Å². The lowest BCUT2D eigenvalue weighted by atomic mass is 10.2. The Morgan fingerprint density at radius 3 is 2.58 bits per heavy atom. The number of amides is 1. The van der Waals surface area contributed by atoms with Gasteiger partial charge in [0, 0.05) is 16.2 Å². The minimum atomic E-state index is -0.721. The molecular weight excluding hydrogens is 372 g/mol. The molecule has 0 fully saturated rings. The van der Waals surface area contributed by atoms with Gasteiger partial charge in [-0.05, 0) is 50.2 Å². The van der Waals surface area contributed by atoms with E-state index in [2.05, 4.69) is 21.2 Å². The maximum absolute atomic E-state index is 12.3. The summed E-state index contributed by atoms with van der Waals surface area (Å²) in [5.41, 5.74) is 1.15. The summed E-state index contributed by atoms with van der Waals surface area (Å²) in [4.78, 5) is 12.3. The number of benzene rings is 2. The molecule has 2 rings (SSSR count). The van der Waals surface area contributed by atoms with Gasteiger partial charge in [0.1, 0.15) is 0 Å². The quantitative estimate of drug-likeness (QED) is 0.807. The lowest BCUT2D eigenvalue weighted by molar-refractivity contribution is -0.122. The second-order valence-corrected chi connectivity index (χ2v) is 5.88. The molecule has 6 heteroatoms. The summed E-state index contributed by atoms with van der Waals surface area (Å²) < 4.78 is 12.1. The van der Waals surface area contributed by atoms with Crippen LogP contribution in [-0.4, -0.2) is 18.6 Å². The third kappa shape index (κ3) is 4.74. The Morgan fingerprint density at radius 2 is 1.96 bits per heavy atom. The van der Waals surface area contributed by atoms with Gasteiger partial charge < -0.3 is 14.8 Å². The highest BCUT2D eigenvalue weighted by atomic mass is 79.9. The topological polar surface area (TPSA) is 71.3 Å². The summed E-state index contributed by atoms with van der Waals surface area (Å²) in [6, 6.07) is 14.2. The van der Waals surface area contributed by atoms with Gasteiger partial charge in [0.25, 0.3) is 5.91 Å². The maximum Gasteiger partial charge on any atom is 0.265 e. The number of halogens is 1. The highest BCUT2D eigenvalue weighted by Crippen LogP contribution is 2.29. The van der Waals surface area contributed by atoms with Crippen molar-refractivity contribution in [1.82, 2.24) is 0 Å². The number of nitriles is 1. The number of hydrogen-bond acceptors (Lipinski definition) is 4. The first-order valence-corrected chi connectivity index (χ1v) is 8.22. The Balaban J connectivity index is 2.08. The Morgan fingerprint density at radius 1 is 1.25 bits per heavy atom. The molecule has 0 spiro atoms. The van der Waals surface area contributed by atoms with E-state index in [0.29, 0.717) is 29.4 Å². The molecule has 124 valence electrons. The van der Waals surface area contributed by atoms with Crippen molar-refractivity contribution in [2.24, 2.45) is 0 Å². The monoisotopic (exact) mass is 388 g/mol. The standard InChI is InChI=1S/C18H17BrN2O3/c1-3-23-17-10-13(11-20)4-9-16(17)24-12(2)18(22)21-15-7-5-14(19)6-8-15/h4-10,12H,3H2,1-2H3,(H,21,22)/t12-/m1/s1. The van der Waals surface area contributed by atoms with Gasteiger partial charge in [-0.1, -0.05) is 15.9 Å². The molecule has 0 aromatic heterocycles. The van der Waals surface area contributed by atoms with Gasteiger partial charge in [-0.25, -0.2) is 0 Å². The predicted molar refractivity (Wildman–Crippen MR) is 95.2 cm³/mol. The molecule has 24 heavy (non-hydrogen) atoms. The van der Waals surface area contributed by atoms with Gasteiger partial charge >= 0.3 is 0 Å². The van der Waals surface area contributed by atoms with E-state index >= 15 is 0 Å². The minimum absolute atomic E-state index is 0.274.